The first-order chi connectivity index (χ1) is 6.65. The summed E-state index contributed by atoms with van der Waals surface area (Å²) in [4.78, 5) is 0. The second-order valence-corrected chi connectivity index (χ2v) is 22.3. The van der Waals surface area contributed by atoms with Crippen molar-refractivity contribution in [3.05, 3.63) is 24.3 Å². The van der Waals surface area contributed by atoms with Crippen LogP contribution in [0.4, 0.5) is 0 Å². The highest BCUT2D eigenvalue weighted by Crippen LogP contribution is 2.96. The van der Waals surface area contributed by atoms with E-state index in [0.717, 1.165) is 5.75 Å². The van der Waals surface area contributed by atoms with Crippen LogP contribution >= 0.6 is 31.5 Å². The molecule has 0 amide bonds. The Balaban J connectivity index is 2.41. The number of hydrogen-bond acceptors (Lipinski definition) is 5. The van der Waals surface area contributed by atoms with Crippen LogP contribution in [0.3, 0.4) is 0 Å². The maximum Gasteiger partial charge on any atom is 0.128 e. The van der Waals surface area contributed by atoms with E-state index in [1.165, 1.54) is 5.30 Å². The van der Waals surface area contributed by atoms with Gasteiger partial charge in [-0.05, 0) is 12.1 Å². The summed E-state index contributed by atoms with van der Waals surface area (Å²) in [6.45, 7) is 0. The molecule has 0 aliphatic carbocycles. The van der Waals surface area contributed by atoms with E-state index in [1.807, 2.05) is 40.2 Å². The van der Waals surface area contributed by atoms with Gasteiger partial charge in [0.25, 0.3) is 0 Å². The van der Waals surface area contributed by atoms with Crippen LogP contribution < -0.4 is 10.0 Å². The Hall–Kier alpha value is 1.02. The lowest BCUT2D eigenvalue weighted by Crippen LogP contribution is -2.05. The summed E-state index contributed by atoms with van der Waals surface area (Å²) in [5.41, 5.74) is 0. The van der Waals surface area contributed by atoms with Crippen molar-refractivity contribution in [1.82, 2.24) is 0 Å². The molecule has 1 aromatic rings. The highest BCUT2D eigenvalue weighted by atomic mass is 33.7. The highest BCUT2D eigenvalue weighted by Gasteiger charge is 2.35. The summed E-state index contributed by atoms with van der Waals surface area (Å²) < 4.78 is 3.84. The van der Waals surface area contributed by atoms with Gasteiger partial charge < -0.3 is 4.74 Å². The van der Waals surface area contributed by atoms with E-state index in [1.54, 1.807) is 7.11 Å². The van der Waals surface area contributed by atoms with Gasteiger partial charge in [0, 0.05) is 5.30 Å². The van der Waals surface area contributed by atoms with Crippen molar-refractivity contribution in [2.24, 2.45) is 0 Å². The molecule has 1 fully saturated rings. The van der Waals surface area contributed by atoms with Crippen molar-refractivity contribution in [2.45, 2.75) is 0 Å². The molecule has 1 aliphatic heterocycles. The number of hydrogen-bond donors (Lipinski definition) is 0. The molecule has 1 nitrogen and oxygen atoms in total. The van der Waals surface area contributed by atoms with Crippen LogP contribution in [0.15, 0.2) is 24.3 Å². The molecule has 1 heterocycles. The molecule has 0 unspecified atom stereocenters. The van der Waals surface area contributed by atoms with E-state index < -0.39 is 9.54 Å². The molecule has 0 radical (unpaired) electrons. The van der Waals surface area contributed by atoms with E-state index in [2.05, 4.69) is 6.07 Å². The van der Waals surface area contributed by atoms with Crippen molar-refractivity contribution >= 4 is 60.5 Å². The minimum Gasteiger partial charge on any atom is -0.496 e. The summed E-state index contributed by atoms with van der Waals surface area (Å²) in [6, 6.07) is 8.03. The third-order valence-electron chi connectivity index (χ3n) is 1.77. The molecule has 14 heavy (non-hydrogen) atoms. The average Bonchev–Trinajstić information content (AvgIpc) is 2.15. The Morgan fingerprint density at radius 3 is 2.57 bits per heavy atom. The zero-order chi connectivity index (χ0) is 10.2. The van der Waals surface area contributed by atoms with Gasteiger partial charge in [0.1, 0.15) is 5.75 Å². The summed E-state index contributed by atoms with van der Waals surface area (Å²) in [6.07, 6.45) is 0. The Bertz CT molecular complexity index is 421. The number of para-hydroxylation sites is 1. The lowest BCUT2D eigenvalue weighted by molar-refractivity contribution is 0.418. The van der Waals surface area contributed by atoms with E-state index in [9.17, 15) is 0 Å². The van der Waals surface area contributed by atoms with Gasteiger partial charge in [0.05, 0.1) is 16.7 Å². The van der Waals surface area contributed by atoms with Crippen LogP contribution in [-0.4, -0.2) is 7.11 Å². The number of rotatable bonds is 2. The Labute approximate surface area is 102 Å². The first-order valence-electron chi connectivity index (χ1n) is 3.82. The molecule has 2 rings (SSSR count). The fraction of sp³-hybridized carbons (Fsp3) is 0.143. The molecular formula is C7H8OP2S4. The average molecular weight is 298 g/mol. The summed E-state index contributed by atoms with van der Waals surface area (Å²) >= 11 is 14.6. The quantitative estimate of drug-likeness (QED) is 0.769. The number of benzene rings is 1. The first-order valence-corrected chi connectivity index (χ1v) is 13.6. The molecule has 0 aromatic heterocycles. The Morgan fingerprint density at radius 2 is 2.00 bits per heavy atom. The summed E-state index contributed by atoms with van der Waals surface area (Å²) in [5.74, 6) is 0.917. The van der Waals surface area contributed by atoms with Gasteiger partial charge in [-0.15, -0.1) is 0 Å². The predicted molar refractivity (Wildman–Crippen MR) is 77.8 cm³/mol. The fourth-order valence-electron chi connectivity index (χ4n) is 1.16. The Kier molecular flexibility index (Phi) is 3.69. The zero-order valence-corrected chi connectivity index (χ0v) is 12.5. The molecule has 0 bridgehead atoms. The predicted octanol–water partition coefficient (Wildman–Crippen LogP) is 3.62. The molecule has 1 saturated heterocycles. The molecule has 76 valence electrons. The first kappa shape index (κ1) is 11.5. The molecule has 0 N–H and O–H groups in total. The third kappa shape index (κ3) is 2.09. The third-order valence-corrected chi connectivity index (χ3v) is 30.7. The topological polar surface area (TPSA) is 9.23 Å². The van der Waals surface area contributed by atoms with Gasteiger partial charge in [0.2, 0.25) is 0 Å². The van der Waals surface area contributed by atoms with Gasteiger partial charge in [-0.2, -0.15) is 0 Å². The molecule has 0 spiro atoms. The standard InChI is InChI=1S/C7H8OP2S4/c1-8-6-4-2-3-5-7(6)10(12)13-9(11)14-10/h2-5,9H,1H3. The lowest BCUT2D eigenvalue weighted by atomic mass is 10.3. The van der Waals surface area contributed by atoms with Gasteiger partial charge in [-0.25, -0.2) is 0 Å². The van der Waals surface area contributed by atoms with Crippen LogP contribution in [0.1, 0.15) is 0 Å². The molecule has 7 heteroatoms. The minimum atomic E-state index is -1.47. The van der Waals surface area contributed by atoms with E-state index in [0.29, 0.717) is 0 Å². The number of methoxy groups -OCH3 is 1. The monoisotopic (exact) mass is 298 g/mol. The molecular weight excluding hydrogens is 290 g/mol. The van der Waals surface area contributed by atoms with Gasteiger partial charge in [-0.3, -0.25) is 0 Å². The molecule has 0 saturated carbocycles. The van der Waals surface area contributed by atoms with E-state index in [-0.39, 0.29) is 0 Å². The van der Waals surface area contributed by atoms with Crippen molar-refractivity contribution in [1.29, 1.82) is 0 Å². The van der Waals surface area contributed by atoms with Crippen LogP contribution in [0.2, 0.25) is 0 Å². The molecule has 1 aliphatic rings. The summed E-state index contributed by atoms with van der Waals surface area (Å²) in [7, 11) is 1.69. The van der Waals surface area contributed by atoms with Gasteiger partial charge in [0.15, 0.2) is 0 Å². The van der Waals surface area contributed by atoms with Crippen molar-refractivity contribution < 1.29 is 4.74 Å². The minimum absolute atomic E-state index is 0.665. The second-order valence-electron chi connectivity index (χ2n) is 2.60. The van der Waals surface area contributed by atoms with E-state index in [4.69, 9.17) is 28.4 Å². The maximum atomic E-state index is 5.64. The van der Waals surface area contributed by atoms with Crippen molar-refractivity contribution in [3.63, 3.8) is 0 Å². The highest BCUT2D eigenvalue weighted by molar-refractivity contribution is 9.44. The summed E-state index contributed by atoms with van der Waals surface area (Å²) in [5, 5.41) is 0.521. The zero-order valence-electron chi connectivity index (χ0n) is 7.30. The smallest absolute Gasteiger partial charge is 0.128 e. The van der Waals surface area contributed by atoms with Crippen molar-refractivity contribution in [3.8, 4) is 5.75 Å². The maximum absolute atomic E-state index is 5.64. The lowest BCUT2D eigenvalue weighted by Gasteiger charge is -2.31. The number of ether oxygens (including phenoxy) is 1. The van der Waals surface area contributed by atoms with Crippen LogP contribution in [0.25, 0.3) is 0 Å². The van der Waals surface area contributed by atoms with Crippen LogP contribution in [-0.2, 0) is 23.6 Å². The van der Waals surface area contributed by atoms with E-state index >= 15 is 0 Å². The molecule has 1 aromatic carbocycles. The van der Waals surface area contributed by atoms with Gasteiger partial charge >= 0.3 is 0 Å². The fourth-order valence-corrected chi connectivity index (χ4v) is 36.8. The molecule has 0 atom stereocenters. The Morgan fingerprint density at radius 1 is 1.36 bits per heavy atom. The SMILES string of the molecule is COc1ccccc1P1(=S)S[PH](=S)S1. The van der Waals surface area contributed by atoms with Crippen molar-refractivity contribution in [2.75, 3.05) is 7.11 Å². The largest absolute Gasteiger partial charge is 0.496 e. The van der Waals surface area contributed by atoms with Crippen LogP contribution in [0, 0.1) is 0 Å². The van der Waals surface area contributed by atoms with Gasteiger partial charge in [-0.1, -0.05) is 57.7 Å². The normalized spacial score (nSPS) is 30.8. The second kappa shape index (κ2) is 4.48. The van der Waals surface area contributed by atoms with Crippen LogP contribution in [0.5, 0.6) is 5.75 Å².